The molecule has 1 aliphatic rings. The summed E-state index contributed by atoms with van der Waals surface area (Å²) in [4.78, 5) is 0. The average Bonchev–Trinajstić information content (AvgIpc) is 1.91. The van der Waals surface area contributed by atoms with Crippen LogP contribution in [0.15, 0.2) is 0 Å². The Hall–Kier alpha value is -0.610. The molecule has 0 aromatic rings. The first-order chi connectivity index (χ1) is 4.43. The van der Waals surface area contributed by atoms with Gasteiger partial charge in [-0.3, -0.25) is 0 Å². The van der Waals surface area contributed by atoms with Crippen LogP contribution in [0.3, 0.4) is 0 Å². The maximum atomic E-state index is 5.12. The zero-order valence-electron chi connectivity index (χ0n) is 5.39. The lowest BCUT2D eigenvalue weighted by molar-refractivity contribution is -0.557. The Morgan fingerprint density at radius 2 is 2.11 bits per heavy atom. The molecule has 1 rings (SSSR count). The molecule has 4 nitrogen and oxygen atoms in total. The second-order valence-corrected chi connectivity index (χ2v) is 1.89. The lowest BCUT2D eigenvalue weighted by Gasteiger charge is -2.22. The molecule has 1 saturated heterocycles. The standard InChI is InChI=1S/C5H11N3O/c1-6-7-8-2-4-9-5-3-8/h7H,1-5H2/p+1. The van der Waals surface area contributed by atoms with Gasteiger partial charge >= 0.3 is 0 Å². The van der Waals surface area contributed by atoms with Crippen molar-refractivity contribution in [3.63, 3.8) is 0 Å². The van der Waals surface area contributed by atoms with Crippen LogP contribution in [0.5, 0.6) is 0 Å². The minimum absolute atomic E-state index is 0.800. The van der Waals surface area contributed by atoms with E-state index in [-0.39, 0.29) is 0 Å². The number of hydrazine groups is 2. The first-order valence-electron chi connectivity index (χ1n) is 3.04. The summed E-state index contributed by atoms with van der Waals surface area (Å²) in [6.07, 6.45) is 0. The average molecular weight is 130 g/mol. The molecule has 0 aromatic carbocycles. The number of rotatable bonds is 2. The highest BCUT2D eigenvalue weighted by atomic mass is 16.5. The first-order valence-corrected chi connectivity index (χ1v) is 3.04. The van der Waals surface area contributed by atoms with E-state index in [1.807, 2.05) is 5.01 Å². The van der Waals surface area contributed by atoms with Crippen molar-refractivity contribution in [2.24, 2.45) is 0 Å². The fourth-order valence-corrected chi connectivity index (χ4v) is 0.787. The number of morpholine rings is 1. The van der Waals surface area contributed by atoms with Gasteiger partial charge in [-0.1, -0.05) is 0 Å². The van der Waals surface area contributed by atoms with Gasteiger partial charge in [0.05, 0.1) is 13.2 Å². The third-order valence-electron chi connectivity index (χ3n) is 1.25. The Morgan fingerprint density at radius 1 is 1.44 bits per heavy atom. The van der Waals surface area contributed by atoms with E-state index in [1.54, 1.807) is 0 Å². The molecule has 0 radical (unpaired) electrons. The monoisotopic (exact) mass is 130 g/mol. The maximum Gasteiger partial charge on any atom is 0.156 e. The van der Waals surface area contributed by atoms with E-state index in [9.17, 15) is 0 Å². The van der Waals surface area contributed by atoms with E-state index in [0.717, 1.165) is 26.3 Å². The third kappa shape index (κ3) is 1.99. The van der Waals surface area contributed by atoms with Gasteiger partial charge in [0.25, 0.3) is 0 Å². The molecular formula is C5H12N3O+. The maximum absolute atomic E-state index is 5.12. The predicted octanol–water partition coefficient (Wildman–Crippen LogP) is -2.48. The van der Waals surface area contributed by atoms with E-state index in [4.69, 9.17) is 4.74 Å². The van der Waals surface area contributed by atoms with Gasteiger partial charge in [0.2, 0.25) is 0 Å². The molecule has 52 valence electrons. The number of ether oxygens (including phenoxy) is 1. The fourth-order valence-electron chi connectivity index (χ4n) is 0.787. The summed E-state index contributed by atoms with van der Waals surface area (Å²) in [6.45, 7) is 6.88. The molecule has 0 atom stereocenters. The zero-order chi connectivity index (χ0) is 6.53. The van der Waals surface area contributed by atoms with E-state index >= 15 is 0 Å². The van der Waals surface area contributed by atoms with Crippen LogP contribution in [-0.2, 0) is 4.74 Å². The molecular weight excluding hydrogens is 118 g/mol. The molecule has 2 N–H and O–H groups in total. The van der Waals surface area contributed by atoms with Crippen LogP contribution in [0.1, 0.15) is 0 Å². The van der Waals surface area contributed by atoms with E-state index < -0.39 is 0 Å². The number of nitrogens with zero attached hydrogens (tertiary/aromatic N) is 1. The molecule has 9 heavy (non-hydrogen) atoms. The highest BCUT2D eigenvalue weighted by Gasteiger charge is 2.09. The molecule has 1 heterocycles. The first kappa shape index (κ1) is 6.51. The fraction of sp³-hybridized carbons (Fsp3) is 0.800. The number of hydrogen-bond donors (Lipinski definition) is 2. The summed E-state index contributed by atoms with van der Waals surface area (Å²) in [5.41, 5.74) is 2.88. The van der Waals surface area contributed by atoms with Crippen molar-refractivity contribution in [1.82, 2.24) is 10.5 Å². The van der Waals surface area contributed by atoms with Gasteiger partial charge in [0, 0.05) is 13.1 Å². The number of nitrogens with one attached hydrogen (secondary N) is 2. The molecule has 0 aromatic heterocycles. The Balaban J connectivity index is 2.15. The summed E-state index contributed by atoms with van der Waals surface area (Å²) in [6, 6.07) is 0. The third-order valence-corrected chi connectivity index (χ3v) is 1.25. The van der Waals surface area contributed by atoms with Crippen molar-refractivity contribution >= 4 is 6.72 Å². The second-order valence-electron chi connectivity index (χ2n) is 1.89. The van der Waals surface area contributed by atoms with Crippen LogP contribution in [0.2, 0.25) is 0 Å². The van der Waals surface area contributed by atoms with Gasteiger partial charge in [-0.25, -0.2) is 0 Å². The predicted molar refractivity (Wildman–Crippen MR) is 33.6 cm³/mol. The minimum atomic E-state index is 0.800. The van der Waals surface area contributed by atoms with Crippen molar-refractivity contribution in [2.45, 2.75) is 0 Å². The molecule has 4 heteroatoms. The normalized spacial score (nSPS) is 21.3. The van der Waals surface area contributed by atoms with Crippen molar-refractivity contribution < 1.29 is 9.84 Å². The van der Waals surface area contributed by atoms with E-state index in [0.29, 0.717) is 0 Å². The minimum Gasteiger partial charge on any atom is -0.379 e. The largest absolute Gasteiger partial charge is 0.379 e. The molecule has 0 spiro atoms. The highest BCUT2D eigenvalue weighted by Crippen LogP contribution is 1.88. The van der Waals surface area contributed by atoms with E-state index in [1.165, 1.54) is 0 Å². The molecule has 0 bridgehead atoms. The summed E-state index contributed by atoms with van der Waals surface area (Å²) in [7, 11) is 0. The van der Waals surface area contributed by atoms with Crippen molar-refractivity contribution in [2.75, 3.05) is 26.3 Å². The van der Waals surface area contributed by atoms with Gasteiger partial charge in [0.15, 0.2) is 6.72 Å². The summed E-state index contributed by atoms with van der Waals surface area (Å²) in [5, 5.41) is 4.63. The summed E-state index contributed by atoms with van der Waals surface area (Å²) >= 11 is 0. The number of hydrogen-bond acceptors (Lipinski definition) is 3. The topological polar surface area (TPSA) is 38.5 Å². The summed E-state index contributed by atoms with van der Waals surface area (Å²) in [5.74, 6) is 0. The lowest BCUT2D eigenvalue weighted by atomic mass is 10.5. The highest BCUT2D eigenvalue weighted by molar-refractivity contribution is 5.11. The Kier molecular flexibility index (Phi) is 2.48. The van der Waals surface area contributed by atoms with Crippen LogP contribution < -0.4 is 10.6 Å². The van der Waals surface area contributed by atoms with Crippen LogP contribution in [0.25, 0.3) is 0 Å². The molecule has 1 fully saturated rings. The Labute approximate surface area is 54.5 Å². The quantitative estimate of drug-likeness (QED) is 0.321. The lowest BCUT2D eigenvalue weighted by Crippen LogP contribution is -2.83. The van der Waals surface area contributed by atoms with Gasteiger partial charge in [0.1, 0.15) is 0 Å². The van der Waals surface area contributed by atoms with Crippen molar-refractivity contribution in [3.8, 4) is 0 Å². The summed E-state index contributed by atoms with van der Waals surface area (Å²) < 4.78 is 5.12. The second kappa shape index (κ2) is 3.42. The molecule has 0 amide bonds. The van der Waals surface area contributed by atoms with Crippen LogP contribution >= 0.6 is 0 Å². The van der Waals surface area contributed by atoms with E-state index in [2.05, 4.69) is 17.4 Å². The molecule has 0 saturated carbocycles. The van der Waals surface area contributed by atoms with Gasteiger partial charge < -0.3 is 4.74 Å². The van der Waals surface area contributed by atoms with Crippen LogP contribution in [0.4, 0.5) is 0 Å². The van der Waals surface area contributed by atoms with Crippen molar-refractivity contribution in [3.05, 3.63) is 0 Å². The van der Waals surface area contributed by atoms with Crippen molar-refractivity contribution in [1.29, 1.82) is 0 Å². The van der Waals surface area contributed by atoms with Crippen LogP contribution in [-0.4, -0.2) is 38.0 Å². The van der Waals surface area contributed by atoms with Gasteiger partial charge in [-0.15, -0.1) is 10.6 Å². The molecule has 0 aliphatic carbocycles. The SMILES string of the molecule is C=[NH+]NN1CCOCC1. The Morgan fingerprint density at radius 3 is 2.67 bits per heavy atom. The van der Waals surface area contributed by atoms with Gasteiger partial charge in [-0.05, 0) is 0 Å². The van der Waals surface area contributed by atoms with Gasteiger partial charge in [-0.2, -0.15) is 5.01 Å². The zero-order valence-corrected chi connectivity index (χ0v) is 5.39. The number of hydrazone groups is 1. The van der Waals surface area contributed by atoms with Crippen LogP contribution in [0, 0.1) is 0 Å². The Bertz CT molecular complexity index is 90.2. The molecule has 1 aliphatic heterocycles. The smallest absolute Gasteiger partial charge is 0.156 e. The molecule has 0 unspecified atom stereocenters.